The van der Waals surface area contributed by atoms with Crippen LogP contribution in [0.1, 0.15) is 60.8 Å². The van der Waals surface area contributed by atoms with Gasteiger partial charge in [-0.2, -0.15) is 0 Å². The van der Waals surface area contributed by atoms with Crippen LogP contribution in [0, 0.1) is 0 Å². The highest BCUT2D eigenvalue weighted by atomic mass is 32.4. The van der Waals surface area contributed by atoms with E-state index in [9.17, 15) is 0 Å². The van der Waals surface area contributed by atoms with Gasteiger partial charge in [-0.3, -0.25) is 0 Å². The van der Waals surface area contributed by atoms with Gasteiger partial charge in [0.05, 0.1) is 0 Å². The molecule has 0 heterocycles. The summed E-state index contributed by atoms with van der Waals surface area (Å²) >= 11 is 15.6. The molecule has 0 aromatic rings. The van der Waals surface area contributed by atoms with E-state index >= 15 is 0 Å². The van der Waals surface area contributed by atoms with Gasteiger partial charge < -0.3 is 0 Å². The van der Waals surface area contributed by atoms with E-state index in [4.69, 9.17) is 59.4 Å². The fourth-order valence-corrected chi connectivity index (χ4v) is 0. The molecular weight excluding hydrogens is 252 g/mol. The normalized spacial score (nSPS) is 22.0. The average molecular weight is 381 g/mol. The monoisotopic (exact) mass is 380 g/mol. The fourth-order valence-electron chi connectivity index (χ4n) is 0. The maximum absolute atomic E-state index is 5.00. The van der Waals surface area contributed by atoms with Crippen LogP contribution >= 0.6 is 32.1 Å². The molecule has 0 fully saturated rings. The van der Waals surface area contributed by atoms with Crippen LogP contribution in [0.4, 0.5) is 0 Å². The molecule has 8 heteroatoms. The van der Waals surface area contributed by atoms with E-state index in [0.717, 1.165) is 0 Å². The third-order valence-corrected chi connectivity index (χ3v) is 0. The van der Waals surface area contributed by atoms with Gasteiger partial charge in [-0.25, -0.2) is 0 Å². The van der Waals surface area contributed by atoms with E-state index in [1.807, 2.05) is 0 Å². The largest absolute Gasteiger partial charge is 0.0615 e. The van der Waals surface area contributed by atoms with Crippen molar-refractivity contribution in [1.29, 1.82) is 0 Å². The van der Waals surface area contributed by atoms with Crippen molar-refractivity contribution in [3.05, 3.63) is 0 Å². The lowest BCUT2D eigenvalue weighted by molar-refractivity contribution is 6.40. The first kappa shape index (κ1) is 1.22. The highest BCUT2D eigenvalue weighted by molar-refractivity contribution is 7.89. The topological polar surface area (TPSA) is 0 Å². The highest BCUT2D eigenvalue weighted by Crippen LogP contribution is 1.26. The Morgan fingerprint density at radius 1 is 0.625 bits per heavy atom. The summed E-state index contributed by atoms with van der Waals surface area (Å²) in [5.74, 6) is 0. The first-order valence-corrected chi connectivity index (χ1v) is 7.35. The molecule has 0 aromatic carbocycles. The van der Waals surface area contributed by atoms with E-state index in [0.29, 0.717) is 0 Å². The predicted molar refractivity (Wildman–Crippen MR) is 107 cm³/mol. The zero-order valence-electron chi connectivity index (χ0n) is 43.6. The standard InChI is InChI=1S/4HPS.21H2/c4*1-2;;;;;;;;;;;;;;;;;;;;;/h4*1H;21*1H/i;;;;20*1+2T;1+2. The molecule has 0 N–H and O–H groups in total. The minimum atomic E-state index is 0. The van der Waals surface area contributed by atoms with Gasteiger partial charge in [0, 0.05) is 60.8 Å². The van der Waals surface area contributed by atoms with Crippen molar-refractivity contribution in [3.63, 3.8) is 0 Å². The third kappa shape index (κ3) is 93.6. The minimum absolute atomic E-state index is 0. The van der Waals surface area contributed by atoms with E-state index in [2.05, 4.69) is 79.3 Å². The molecule has 0 bridgehead atoms. The van der Waals surface area contributed by atoms with Crippen molar-refractivity contribution in [2.45, 2.75) is 0 Å². The summed E-state index contributed by atoms with van der Waals surface area (Å²) in [6, 6.07) is 0. The van der Waals surface area contributed by atoms with Crippen LogP contribution in [-0.2, 0) is 47.2 Å². The molecule has 90 valence electrons. The molecule has 0 unspecified atom stereocenters. The lowest BCUT2D eigenvalue weighted by Crippen LogP contribution is -0.399. The summed E-state index contributed by atoms with van der Waals surface area (Å²) in [5.41, 5.74) is 0. The van der Waals surface area contributed by atoms with Crippen LogP contribution in [0.15, 0.2) is 0 Å². The zero-order valence-corrected chi connectivity index (χ0v) is 10.9. The fraction of sp³-hybridized carbons (Fsp3) is 0. The second kappa shape index (κ2) is 137. The second-order valence-electron chi connectivity index (χ2n) is 0. The molecule has 0 aliphatic carbocycles. The van der Waals surface area contributed by atoms with E-state index in [1.165, 1.54) is 0 Å². The zero-order chi connectivity index (χ0) is 48.0. The Kier molecular flexibility index (Phi) is 20.9. The summed E-state index contributed by atoms with van der Waals surface area (Å²) in [7, 11) is 10.2. The Morgan fingerprint density at radius 2 is 0.625 bits per heavy atom. The number of rotatable bonds is 0. The second-order valence-corrected chi connectivity index (χ2v) is 0. The van der Waals surface area contributed by atoms with Crippen molar-refractivity contribution >= 4 is 79.3 Å². The first-order chi connectivity index (χ1) is 24.0. The molecule has 8 heavy (non-hydrogen) atoms. The maximum atomic E-state index is 5.00. The Hall–Kier alpha value is 2.08. The summed E-state index contributed by atoms with van der Waals surface area (Å²) in [6.45, 7) is 0. The molecule has 0 radical (unpaired) electrons. The maximum Gasteiger partial charge on any atom is 0 e. The summed E-state index contributed by atoms with van der Waals surface area (Å²) < 4.78 is 200. The van der Waals surface area contributed by atoms with Crippen LogP contribution in [0.3, 0.4) is 0 Å². The molecule has 0 spiro atoms. The van der Waals surface area contributed by atoms with Crippen LogP contribution in [-0.4, -0.2) is 0 Å². The number of hydrogen-bond donors (Lipinski definition) is 0. The van der Waals surface area contributed by atoms with Gasteiger partial charge in [-0.15, -0.1) is 0 Å². The van der Waals surface area contributed by atoms with Crippen LogP contribution in [0.25, 0.3) is 0 Å². The van der Waals surface area contributed by atoms with Crippen LogP contribution < -0.4 is 0 Å². The van der Waals surface area contributed by atoms with Crippen molar-refractivity contribution in [1.82, 2.24) is 0 Å². The summed E-state index contributed by atoms with van der Waals surface area (Å²) in [5, 5.41) is 0. The molecule has 0 rings (SSSR count). The molecule has 0 amide bonds. The Morgan fingerprint density at radius 3 is 0.625 bits per heavy atom. The third-order valence-electron chi connectivity index (χ3n) is 0. The molecule has 0 aliphatic rings. The lowest BCUT2D eigenvalue weighted by Gasteiger charge is -0.760. The smallest absolute Gasteiger partial charge is 0 e. The van der Waals surface area contributed by atoms with Gasteiger partial charge in [0.2, 0.25) is 0 Å². The van der Waals surface area contributed by atoms with Gasteiger partial charge >= 0.3 is 0 Å². The van der Waals surface area contributed by atoms with Crippen LogP contribution in [0.2, 0.25) is 0 Å². The minimum Gasteiger partial charge on any atom is -0.0615 e. The Balaban J connectivity index is -0.00000000533. The Bertz CT molecular complexity index is 47.5. The van der Waals surface area contributed by atoms with Gasteiger partial charge in [0.15, 0.2) is 0 Å². The Labute approximate surface area is 142 Å². The van der Waals surface area contributed by atoms with Gasteiger partial charge in [-0.1, -0.05) is 47.2 Å². The van der Waals surface area contributed by atoms with Crippen LogP contribution in [0.5, 0.6) is 0 Å². The van der Waals surface area contributed by atoms with Crippen molar-refractivity contribution in [3.8, 4) is 0 Å². The molecule has 0 aliphatic heterocycles. The van der Waals surface area contributed by atoms with Gasteiger partial charge in [0.25, 0.3) is 0 Å². The molecule has 0 atom stereocenters. The average Bonchev–Trinajstić information content (AvgIpc) is 3.34. The van der Waals surface area contributed by atoms with Crippen molar-refractivity contribution in [2.24, 2.45) is 0 Å². The molecule has 0 nitrogen and oxygen atoms in total. The number of hydrogen-bond acceptors (Lipinski definition) is 4. The molecule has 0 saturated carbocycles. The van der Waals surface area contributed by atoms with Crippen molar-refractivity contribution in [2.75, 3.05) is 0 Å². The van der Waals surface area contributed by atoms with Crippen molar-refractivity contribution < 1.29 is 60.8 Å². The first-order valence-electron chi connectivity index (χ1n) is 20.8. The van der Waals surface area contributed by atoms with E-state index < -0.39 is 0 Å². The molecule has 0 saturated heterocycles. The summed E-state index contributed by atoms with van der Waals surface area (Å²) in [4.78, 5) is 0. The summed E-state index contributed by atoms with van der Waals surface area (Å²) in [6.07, 6.45) is 0. The predicted octanol–water partition coefficient (Wildman–Crippen LogP) is 7.53. The van der Waals surface area contributed by atoms with E-state index in [1.54, 1.807) is 0 Å². The molecular formula is H46P4S4. The quantitative estimate of drug-likeness (QED) is 0.398. The van der Waals surface area contributed by atoms with Gasteiger partial charge in [-0.05, 0) is 32.1 Å². The molecule has 0 aromatic heterocycles. The SMILES string of the molecule is P=S.P=S.P=S.P=S.[3HH].[3H][3H].[3H][3H].[3H][3H].[3H][3H].[3H][3H].[3H][3H].[3H][3H].[3H][3H].[3H][3H].[3H][3H].[3H][3H].[3H][3H].[3H][3H].[3H][3H].[3H][3H].[3H][3H].[3H][3H].[3H][3H].[3H][3H].[3H][3H]. The van der Waals surface area contributed by atoms with Gasteiger partial charge in [0.1, 0.15) is 0 Å². The van der Waals surface area contributed by atoms with E-state index in [-0.39, 0.29) is 1.43 Å². The highest BCUT2D eigenvalue weighted by Gasteiger charge is 0.661. The lowest BCUT2D eigenvalue weighted by atomic mass is 30.6.